The first-order chi connectivity index (χ1) is 15.4. The smallest absolute Gasteiger partial charge is 0.272 e. The summed E-state index contributed by atoms with van der Waals surface area (Å²) >= 11 is 6.10. The number of carbonyl (C=O) groups excluding carboxylic acids is 1. The van der Waals surface area contributed by atoms with Crippen LogP contribution < -0.4 is 10.1 Å². The summed E-state index contributed by atoms with van der Waals surface area (Å²) < 4.78 is 7.73. The second-order valence-electron chi connectivity index (χ2n) is 8.88. The van der Waals surface area contributed by atoms with Gasteiger partial charge in [0.2, 0.25) is 0 Å². The molecule has 32 heavy (non-hydrogen) atoms. The van der Waals surface area contributed by atoms with Gasteiger partial charge >= 0.3 is 0 Å². The lowest BCUT2D eigenvalue weighted by Gasteiger charge is -2.40. The average Bonchev–Trinajstić information content (AvgIpc) is 3.23. The van der Waals surface area contributed by atoms with Gasteiger partial charge in [-0.15, -0.1) is 0 Å². The van der Waals surface area contributed by atoms with Crippen LogP contribution in [0.1, 0.15) is 41.3 Å². The molecule has 1 N–H and O–H groups in total. The molecule has 1 amide bonds. The summed E-state index contributed by atoms with van der Waals surface area (Å²) in [5.74, 6) is 0.648. The number of nitrogens with zero attached hydrogens (tertiary/aromatic N) is 4. The van der Waals surface area contributed by atoms with Gasteiger partial charge in [-0.2, -0.15) is 5.10 Å². The van der Waals surface area contributed by atoms with Gasteiger partial charge < -0.3 is 10.1 Å². The normalized spacial score (nSPS) is 18.4. The van der Waals surface area contributed by atoms with Crippen molar-refractivity contribution in [2.24, 2.45) is 0 Å². The molecule has 0 saturated carbocycles. The Kier molecular flexibility index (Phi) is 5.39. The molecule has 0 fully saturated rings. The van der Waals surface area contributed by atoms with E-state index in [1.165, 1.54) is 0 Å². The minimum absolute atomic E-state index is 0.119. The van der Waals surface area contributed by atoms with Crippen molar-refractivity contribution in [3.8, 4) is 5.75 Å². The van der Waals surface area contributed by atoms with Crippen molar-refractivity contribution in [2.45, 2.75) is 44.9 Å². The number of nitrogens with one attached hydrogen (secondary N) is 1. The highest BCUT2D eigenvalue weighted by atomic mass is 35.5. The molecular formula is C24H26ClN5O2. The summed E-state index contributed by atoms with van der Waals surface area (Å²) in [6.45, 7) is 7.08. The second kappa shape index (κ2) is 8.22. The molecule has 1 atom stereocenters. The van der Waals surface area contributed by atoms with Gasteiger partial charge in [-0.25, -0.2) is 0 Å². The van der Waals surface area contributed by atoms with Gasteiger partial charge in [0.25, 0.3) is 5.91 Å². The summed E-state index contributed by atoms with van der Waals surface area (Å²) in [5, 5.41) is 8.30. The number of hydrogen-bond donors (Lipinski definition) is 1. The van der Waals surface area contributed by atoms with E-state index in [-0.39, 0.29) is 17.5 Å². The molecule has 8 heteroatoms. The van der Waals surface area contributed by atoms with E-state index in [0.717, 1.165) is 35.8 Å². The SMILES string of the molecule is CC(C)(c1ccccn1)N1CCn2nc(C(=O)N[C@H]3COc4ccc(Cl)cc4C3)cc2C1. The molecule has 0 aliphatic carbocycles. The van der Waals surface area contributed by atoms with Crippen LogP contribution in [0.15, 0.2) is 48.7 Å². The number of hydrogen-bond acceptors (Lipinski definition) is 5. The molecule has 0 bridgehead atoms. The second-order valence-corrected chi connectivity index (χ2v) is 9.31. The van der Waals surface area contributed by atoms with Crippen LogP contribution in [0.2, 0.25) is 5.02 Å². The average molecular weight is 452 g/mol. The van der Waals surface area contributed by atoms with Crippen molar-refractivity contribution >= 4 is 17.5 Å². The molecule has 5 rings (SSSR count). The van der Waals surface area contributed by atoms with Gasteiger partial charge in [0, 0.05) is 24.3 Å². The number of carbonyl (C=O) groups is 1. The number of ether oxygens (including phenoxy) is 1. The van der Waals surface area contributed by atoms with E-state index in [9.17, 15) is 4.79 Å². The molecule has 1 aromatic carbocycles. The zero-order valence-corrected chi connectivity index (χ0v) is 19.0. The number of aromatic nitrogens is 3. The highest BCUT2D eigenvalue weighted by Gasteiger charge is 2.33. The fraction of sp³-hybridized carbons (Fsp3) is 0.375. The largest absolute Gasteiger partial charge is 0.491 e. The van der Waals surface area contributed by atoms with Crippen molar-refractivity contribution in [1.29, 1.82) is 0 Å². The Morgan fingerprint density at radius 3 is 2.91 bits per heavy atom. The number of halogens is 1. The van der Waals surface area contributed by atoms with Crippen molar-refractivity contribution in [2.75, 3.05) is 13.2 Å². The number of fused-ring (bicyclic) bond motifs is 2. The quantitative estimate of drug-likeness (QED) is 0.658. The summed E-state index contributed by atoms with van der Waals surface area (Å²) in [6, 6.07) is 13.4. The molecule has 2 aromatic heterocycles. The van der Waals surface area contributed by atoms with Gasteiger partial charge in [-0.05, 0) is 62.2 Å². The van der Waals surface area contributed by atoms with E-state index in [4.69, 9.17) is 16.3 Å². The first-order valence-corrected chi connectivity index (χ1v) is 11.2. The third-order valence-electron chi connectivity index (χ3n) is 6.38. The number of benzene rings is 1. The first kappa shape index (κ1) is 21.0. The Balaban J connectivity index is 1.27. The Morgan fingerprint density at radius 2 is 2.09 bits per heavy atom. The highest BCUT2D eigenvalue weighted by Crippen LogP contribution is 2.30. The molecule has 2 aliphatic heterocycles. The van der Waals surface area contributed by atoms with E-state index in [1.807, 2.05) is 47.3 Å². The minimum atomic E-state index is -0.215. The first-order valence-electron chi connectivity index (χ1n) is 10.9. The van der Waals surface area contributed by atoms with Gasteiger partial charge in [0.05, 0.1) is 29.5 Å². The summed E-state index contributed by atoms with van der Waals surface area (Å²) in [5.41, 5.74) is 3.29. The monoisotopic (exact) mass is 451 g/mol. The van der Waals surface area contributed by atoms with Crippen LogP contribution in [0.25, 0.3) is 0 Å². The Labute approximate surface area is 192 Å². The molecule has 2 aliphatic rings. The Hall–Kier alpha value is -2.90. The van der Waals surface area contributed by atoms with Crippen LogP contribution in [-0.2, 0) is 25.0 Å². The van der Waals surface area contributed by atoms with E-state index in [2.05, 4.69) is 40.2 Å². The maximum atomic E-state index is 12.9. The molecule has 0 spiro atoms. The lowest BCUT2D eigenvalue weighted by molar-refractivity contribution is 0.0793. The molecule has 166 valence electrons. The fourth-order valence-corrected chi connectivity index (χ4v) is 4.65. The van der Waals surface area contributed by atoms with Gasteiger partial charge in [-0.3, -0.25) is 19.4 Å². The molecule has 0 unspecified atom stereocenters. The van der Waals surface area contributed by atoms with Gasteiger partial charge in [0.1, 0.15) is 12.4 Å². The predicted molar refractivity (Wildman–Crippen MR) is 122 cm³/mol. The lowest BCUT2D eigenvalue weighted by Crippen LogP contribution is -2.46. The molecular weight excluding hydrogens is 426 g/mol. The topological polar surface area (TPSA) is 72.3 Å². The van der Waals surface area contributed by atoms with Crippen molar-refractivity contribution < 1.29 is 9.53 Å². The van der Waals surface area contributed by atoms with E-state index < -0.39 is 0 Å². The zero-order valence-electron chi connectivity index (χ0n) is 18.2. The van der Waals surface area contributed by atoms with E-state index >= 15 is 0 Å². The molecule has 4 heterocycles. The van der Waals surface area contributed by atoms with E-state index in [0.29, 0.717) is 30.3 Å². The van der Waals surface area contributed by atoms with Crippen LogP contribution in [0.5, 0.6) is 5.75 Å². The molecule has 7 nitrogen and oxygen atoms in total. The fourth-order valence-electron chi connectivity index (χ4n) is 4.46. The van der Waals surface area contributed by atoms with Crippen LogP contribution >= 0.6 is 11.6 Å². The predicted octanol–water partition coefficient (Wildman–Crippen LogP) is 3.42. The Bertz CT molecular complexity index is 1140. The molecule has 3 aromatic rings. The molecule has 0 saturated heterocycles. The van der Waals surface area contributed by atoms with Crippen LogP contribution in [0.3, 0.4) is 0 Å². The third kappa shape index (κ3) is 3.98. The zero-order chi connectivity index (χ0) is 22.3. The standard InChI is InChI=1S/C24H26ClN5O2/c1-24(2,22-5-3-4-8-26-22)29-9-10-30-19(14-29)13-20(28-30)23(31)27-18-12-16-11-17(25)6-7-21(16)32-15-18/h3-8,11,13,18H,9-10,12,14-15H2,1-2H3,(H,27,31)/t18-/m1/s1. The highest BCUT2D eigenvalue weighted by molar-refractivity contribution is 6.30. The van der Waals surface area contributed by atoms with Crippen LogP contribution in [0, 0.1) is 0 Å². The maximum absolute atomic E-state index is 12.9. The van der Waals surface area contributed by atoms with Crippen molar-refractivity contribution in [1.82, 2.24) is 25.0 Å². The maximum Gasteiger partial charge on any atom is 0.272 e. The van der Waals surface area contributed by atoms with Crippen LogP contribution in [-0.4, -0.2) is 44.8 Å². The number of amides is 1. The number of pyridine rings is 1. The lowest BCUT2D eigenvalue weighted by atomic mass is 9.96. The third-order valence-corrected chi connectivity index (χ3v) is 6.61. The van der Waals surface area contributed by atoms with Crippen molar-refractivity contribution in [3.63, 3.8) is 0 Å². The minimum Gasteiger partial charge on any atom is -0.491 e. The van der Waals surface area contributed by atoms with Gasteiger partial charge in [-0.1, -0.05) is 17.7 Å². The summed E-state index contributed by atoms with van der Waals surface area (Å²) in [4.78, 5) is 19.8. The van der Waals surface area contributed by atoms with Crippen molar-refractivity contribution in [3.05, 3.63) is 76.3 Å². The molecule has 0 radical (unpaired) electrons. The number of rotatable bonds is 4. The summed E-state index contributed by atoms with van der Waals surface area (Å²) in [7, 11) is 0. The van der Waals surface area contributed by atoms with Crippen LogP contribution in [0.4, 0.5) is 0 Å². The Morgan fingerprint density at radius 1 is 1.22 bits per heavy atom. The van der Waals surface area contributed by atoms with E-state index in [1.54, 1.807) is 0 Å². The summed E-state index contributed by atoms with van der Waals surface area (Å²) in [6.07, 6.45) is 2.51. The van der Waals surface area contributed by atoms with Gasteiger partial charge in [0.15, 0.2) is 5.69 Å².